The third-order valence-electron chi connectivity index (χ3n) is 2.80. The van der Waals surface area contributed by atoms with E-state index < -0.39 is 6.10 Å². The molecule has 92 valence electrons. The maximum absolute atomic E-state index is 11.9. The predicted molar refractivity (Wildman–Crippen MR) is 64.2 cm³/mol. The quantitative estimate of drug-likeness (QED) is 0.868. The van der Waals surface area contributed by atoms with Crippen LogP contribution >= 0.6 is 0 Å². The van der Waals surface area contributed by atoms with E-state index in [2.05, 4.69) is 5.32 Å². The lowest BCUT2D eigenvalue weighted by atomic mass is 10.2. The van der Waals surface area contributed by atoms with Crippen molar-refractivity contribution in [2.24, 2.45) is 0 Å². The highest BCUT2D eigenvalue weighted by Crippen LogP contribution is 2.30. The normalized spacial score (nSPS) is 19.5. The summed E-state index contributed by atoms with van der Waals surface area (Å²) in [5.74, 6) is 1.21. The van der Waals surface area contributed by atoms with Crippen LogP contribution in [0.15, 0.2) is 24.3 Å². The Morgan fingerprint density at radius 2 is 2.18 bits per heavy atom. The van der Waals surface area contributed by atoms with Gasteiger partial charge in [-0.05, 0) is 25.5 Å². The number of carbonyl (C=O) groups is 1. The van der Waals surface area contributed by atoms with Gasteiger partial charge in [-0.15, -0.1) is 0 Å². The van der Waals surface area contributed by atoms with Gasteiger partial charge in [-0.3, -0.25) is 4.79 Å². The van der Waals surface area contributed by atoms with Crippen LogP contribution < -0.4 is 14.8 Å². The second-order valence-electron chi connectivity index (χ2n) is 4.18. The van der Waals surface area contributed by atoms with Crippen molar-refractivity contribution in [2.45, 2.75) is 32.4 Å². The summed E-state index contributed by atoms with van der Waals surface area (Å²) in [7, 11) is 0. The molecule has 0 aromatic heterocycles. The molecule has 1 aromatic carbocycles. The number of benzene rings is 1. The summed E-state index contributed by atoms with van der Waals surface area (Å²) >= 11 is 0. The van der Waals surface area contributed by atoms with E-state index >= 15 is 0 Å². The van der Waals surface area contributed by atoms with Gasteiger partial charge in [-0.25, -0.2) is 0 Å². The maximum Gasteiger partial charge on any atom is 0.264 e. The molecule has 1 aromatic rings. The van der Waals surface area contributed by atoms with Gasteiger partial charge in [0, 0.05) is 6.04 Å². The maximum atomic E-state index is 11.9. The smallest absolute Gasteiger partial charge is 0.264 e. The molecule has 0 saturated heterocycles. The molecule has 1 N–H and O–H groups in total. The minimum absolute atomic E-state index is 0.117. The standard InChI is InChI=1S/C13H17NO3/c1-3-9(2)14-13(15)12-8-16-10-6-4-5-7-11(10)17-12/h4-7,9,12H,3,8H2,1-2H3,(H,14,15)/t9-,12+/m0/s1. The fourth-order valence-electron chi connectivity index (χ4n) is 1.59. The van der Waals surface area contributed by atoms with Crippen molar-refractivity contribution >= 4 is 5.91 Å². The molecule has 0 spiro atoms. The number of hydrogen-bond acceptors (Lipinski definition) is 3. The fourth-order valence-corrected chi connectivity index (χ4v) is 1.59. The Morgan fingerprint density at radius 1 is 1.47 bits per heavy atom. The molecule has 2 atom stereocenters. The number of nitrogens with one attached hydrogen (secondary N) is 1. The molecule has 2 rings (SSSR count). The predicted octanol–water partition coefficient (Wildman–Crippen LogP) is 1.74. The molecule has 0 unspecified atom stereocenters. The summed E-state index contributed by atoms with van der Waals surface area (Å²) < 4.78 is 11.1. The van der Waals surface area contributed by atoms with Crippen LogP contribution in [-0.2, 0) is 4.79 Å². The Hall–Kier alpha value is -1.71. The summed E-state index contributed by atoms with van der Waals surface area (Å²) in [4.78, 5) is 11.9. The lowest BCUT2D eigenvalue weighted by Crippen LogP contribution is -2.46. The van der Waals surface area contributed by atoms with Crippen molar-refractivity contribution in [3.8, 4) is 11.5 Å². The van der Waals surface area contributed by atoms with E-state index in [9.17, 15) is 4.79 Å². The monoisotopic (exact) mass is 235 g/mol. The average molecular weight is 235 g/mol. The van der Waals surface area contributed by atoms with E-state index in [4.69, 9.17) is 9.47 Å². The van der Waals surface area contributed by atoms with E-state index in [1.54, 1.807) is 6.07 Å². The lowest BCUT2D eigenvalue weighted by Gasteiger charge is -2.26. The minimum atomic E-state index is -0.557. The van der Waals surface area contributed by atoms with Crippen LogP contribution in [0, 0.1) is 0 Å². The zero-order chi connectivity index (χ0) is 12.3. The summed E-state index contributed by atoms with van der Waals surface area (Å²) in [5, 5.41) is 2.89. The molecule has 4 heteroatoms. The topological polar surface area (TPSA) is 47.6 Å². The number of hydrogen-bond donors (Lipinski definition) is 1. The first kappa shape index (κ1) is 11.8. The van der Waals surface area contributed by atoms with Crippen LogP contribution in [0.3, 0.4) is 0 Å². The number of para-hydroxylation sites is 2. The summed E-state index contributed by atoms with van der Waals surface area (Å²) in [5.41, 5.74) is 0. The van der Waals surface area contributed by atoms with E-state index in [0.29, 0.717) is 11.5 Å². The first-order valence-electron chi connectivity index (χ1n) is 5.89. The summed E-state index contributed by atoms with van der Waals surface area (Å²) in [6.07, 6.45) is 0.342. The molecule has 0 radical (unpaired) electrons. The fraction of sp³-hybridized carbons (Fsp3) is 0.462. The van der Waals surface area contributed by atoms with Crippen molar-refractivity contribution < 1.29 is 14.3 Å². The average Bonchev–Trinajstić information content (AvgIpc) is 2.38. The number of rotatable bonds is 3. The molecule has 0 aliphatic carbocycles. The molecular formula is C13H17NO3. The largest absolute Gasteiger partial charge is 0.485 e. The first-order valence-corrected chi connectivity index (χ1v) is 5.89. The molecule has 0 bridgehead atoms. The van der Waals surface area contributed by atoms with E-state index in [0.717, 1.165) is 6.42 Å². The molecule has 1 heterocycles. The van der Waals surface area contributed by atoms with Gasteiger partial charge in [0.25, 0.3) is 5.91 Å². The van der Waals surface area contributed by atoms with Crippen LogP contribution in [0.2, 0.25) is 0 Å². The van der Waals surface area contributed by atoms with Crippen molar-refractivity contribution in [1.82, 2.24) is 5.32 Å². The van der Waals surface area contributed by atoms with Crippen molar-refractivity contribution in [2.75, 3.05) is 6.61 Å². The second kappa shape index (κ2) is 5.08. The number of ether oxygens (including phenoxy) is 2. The first-order chi connectivity index (χ1) is 8.20. The van der Waals surface area contributed by atoms with Crippen molar-refractivity contribution in [3.63, 3.8) is 0 Å². The molecule has 1 aliphatic rings. The van der Waals surface area contributed by atoms with Gasteiger partial charge < -0.3 is 14.8 Å². The van der Waals surface area contributed by atoms with Crippen molar-refractivity contribution in [1.29, 1.82) is 0 Å². The van der Waals surface area contributed by atoms with Gasteiger partial charge in [0.2, 0.25) is 6.10 Å². The Balaban J connectivity index is 2.00. The number of amides is 1. The Morgan fingerprint density at radius 3 is 2.88 bits per heavy atom. The highest BCUT2D eigenvalue weighted by Gasteiger charge is 2.27. The van der Waals surface area contributed by atoms with Crippen LogP contribution in [0.5, 0.6) is 11.5 Å². The zero-order valence-corrected chi connectivity index (χ0v) is 10.1. The minimum Gasteiger partial charge on any atom is -0.485 e. The second-order valence-corrected chi connectivity index (χ2v) is 4.18. The van der Waals surface area contributed by atoms with Crippen LogP contribution in [0.25, 0.3) is 0 Å². The molecule has 1 amide bonds. The van der Waals surface area contributed by atoms with Crippen LogP contribution in [0.4, 0.5) is 0 Å². The highest BCUT2D eigenvalue weighted by molar-refractivity contribution is 5.82. The highest BCUT2D eigenvalue weighted by atomic mass is 16.6. The molecule has 4 nitrogen and oxygen atoms in total. The van der Waals surface area contributed by atoms with Gasteiger partial charge in [-0.1, -0.05) is 19.1 Å². The zero-order valence-electron chi connectivity index (χ0n) is 10.1. The Kier molecular flexibility index (Phi) is 3.52. The van der Waals surface area contributed by atoms with Crippen LogP contribution in [0.1, 0.15) is 20.3 Å². The lowest BCUT2D eigenvalue weighted by molar-refractivity contribution is -0.131. The van der Waals surface area contributed by atoms with Gasteiger partial charge >= 0.3 is 0 Å². The molecule has 17 heavy (non-hydrogen) atoms. The third-order valence-corrected chi connectivity index (χ3v) is 2.80. The van der Waals surface area contributed by atoms with E-state index in [-0.39, 0.29) is 18.6 Å². The van der Waals surface area contributed by atoms with E-state index in [1.807, 2.05) is 32.0 Å². The molecule has 0 fully saturated rings. The van der Waals surface area contributed by atoms with Gasteiger partial charge in [0.05, 0.1) is 0 Å². The number of carbonyl (C=O) groups excluding carboxylic acids is 1. The summed E-state index contributed by atoms with van der Waals surface area (Å²) in [6, 6.07) is 7.53. The van der Waals surface area contributed by atoms with Gasteiger partial charge in [-0.2, -0.15) is 0 Å². The molecule has 1 aliphatic heterocycles. The van der Waals surface area contributed by atoms with Gasteiger partial charge in [0.15, 0.2) is 11.5 Å². The summed E-state index contributed by atoms with van der Waals surface area (Å²) in [6.45, 7) is 4.26. The number of fused-ring (bicyclic) bond motifs is 1. The third kappa shape index (κ3) is 2.70. The Labute approximate surface area is 101 Å². The Bertz CT molecular complexity index is 405. The van der Waals surface area contributed by atoms with Crippen molar-refractivity contribution in [3.05, 3.63) is 24.3 Å². The molecule has 0 saturated carbocycles. The SMILES string of the molecule is CC[C@H](C)NC(=O)[C@H]1COc2ccccc2O1. The molecular weight excluding hydrogens is 218 g/mol. The van der Waals surface area contributed by atoms with Gasteiger partial charge in [0.1, 0.15) is 6.61 Å². The van der Waals surface area contributed by atoms with Crippen LogP contribution in [-0.4, -0.2) is 24.7 Å². The van der Waals surface area contributed by atoms with E-state index in [1.165, 1.54) is 0 Å².